The number of hydrogen-bond donors (Lipinski definition) is 1. The Balaban J connectivity index is 1.59. The van der Waals surface area contributed by atoms with Crippen LogP contribution in [-0.4, -0.2) is 16.1 Å². The maximum atomic E-state index is 4.49. The van der Waals surface area contributed by atoms with Crippen LogP contribution in [-0.2, 0) is 0 Å². The standard InChI is InChI=1S/C15H25N3/c1-12(13-7-8-13)11-17-15-16-9-10-18(15)14-5-3-2-4-6-14/h9-10,12-14H,2-8,11H2,1H3,(H,16,17). The van der Waals surface area contributed by atoms with Gasteiger partial charge in [-0.05, 0) is 37.5 Å². The molecule has 18 heavy (non-hydrogen) atoms. The van der Waals surface area contributed by atoms with Gasteiger partial charge < -0.3 is 9.88 Å². The van der Waals surface area contributed by atoms with Crippen molar-refractivity contribution >= 4 is 5.95 Å². The van der Waals surface area contributed by atoms with Crippen LogP contribution in [0.1, 0.15) is 57.9 Å². The van der Waals surface area contributed by atoms with Crippen LogP contribution >= 0.6 is 0 Å². The Bertz CT molecular complexity index is 375. The van der Waals surface area contributed by atoms with Gasteiger partial charge in [-0.1, -0.05) is 26.2 Å². The van der Waals surface area contributed by atoms with Crippen molar-refractivity contribution in [1.82, 2.24) is 9.55 Å². The minimum Gasteiger partial charge on any atom is -0.355 e. The minimum absolute atomic E-state index is 0.681. The van der Waals surface area contributed by atoms with Crippen LogP contribution in [0.3, 0.4) is 0 Å². The molecule has 0 spiro atoms. The molecular weight excluding hydrogens is 222 g/mol. The molecule has 0 aliphatic heterocycles. The first kappa shape index (κ1) is 12.1. The molecule has 1 unspecified atom stereocenters. The molecule has 2 aliphatic carbocycles. The number of aromatic nitrogens is 2. The third-order valence-electron chi connectivity index (χ3n) is 4.65. The van der Waals surface area contributed by atoms with Crippen molar-refractivity contribution in [3.05, 3.63) is 12.4 Å². The lowest BCUT2D eigenvalue weighted by atomic mass is 9.95. The fourth-order valence-electron chi connectivity index (χ4n) is 3.19. The SMILES string of the molecule is CC(CNc1nccn1C1CCCCC1)C1CC1. The van der Waals surface area contributed by atoms with Gasteiger partial charge in [-0.2, -0.15) is 0 Å². The number of nitrogens with one attached hydrogen (secondary N) is 1. The largest absolute Gasteiger partial charge is 0.355 e. The fraction of sp³-hybridized carbons (Fsp3) is 0.800. The first-order chi connectivity index (χ1) is 8.84. The Kier molecular flexibility index (Phi) is 3.57. The number of anilines is 1. The molecule has 1 N–H and O–H groups in total. The summed E-state index contributed by atoms with van der Waals surface area (Å²) in [6.45, 7) is 3.44. The lowest BCUT2D eigenvalue weighted by Crippen LogP contribution is -2.19. The van der Waals surface area contributed by atoms with Crippen LogP contribution in [0, 0.1) is 11.8 Å². The predicted octanol–water partition coefficient (Wildman–Crippen LogP) is 3.85. The molecule has 0 amide bonds. The van der Waals surface area contributed by atoms with Crippen LogP contribution in [0.15, 0.2) is 12.4 Å². The van der Waals surface area contributed by atoms with E-state index in [-0.39, 0.29) is 0 Å². The summed E-state index contributed by atoms with van der Waals surface area (Å²) in [4.78, 5) is 4.49. The van der Waals surface area contributed by atoms with Crippen LogP contribution in [0.5, 0.6) is 0 Å². The molecule has 3 nitrogen and oxygen atoms in total. The molecule has 1 atom stereocenters. The lowest BCUT2D eigenvalue weighted by Gasteiger charge is -2.25. The van der Waals surface area contributed by atoms with E-state index in [4.69, 9.17) is 0 Å². The Hall–Kier alpha value is -0.990. The third kappa shape index (κ3) is 2.70. The molecule has 3 rings (SSSR count). The summed E-state index contributed by atoms with van der Waals surface area (Å²) in [6, 6.07) is 0.681. The van der Waals surface area contributed by atoms with Gasteiger partial charge in [-0.3, -0.25) is 0 Å². The predicted molar refractivity (Wildman–Crippen MR) is 74.7 cm³/mol. The number of hydrogen-bond acceptors (Lipinski definition) is 2. The highest BCUT2D eigenvalue weighted by molar-refractivity contribution is 5.27. The highest BCUT2D eigenvalue weighted by Crippen LogP contribution is 2.36. The summed E-state index contributed by atoms with van der Waals surface area (Å²) in [5, 5.41) is 3.56. The van der Waals surface area contributed by atoms with Gasteiger partial charge in [-0.15, -0.1) is 0 Å². The monoisotopic (exact) mass is 247 g/mol. The molecule has 1 heterocycles. The summed E-state index contributed by atoms with van der Waals surface area (Å²) < 4.78 is 2.37. The molecule has 3 heteroatoms. The molecule has 1 aromatic rings. The summed E-state index contributed by atoms with van der Waals surface area (Å²) in [7, 11) is 0. The zero-order chi connectivity index (χ0) is 12.4. The second kappa shape index (κ2) is 5.33. The number of nitrogens with zero attached hydrogens (tertiary/aromatic N) is 2. The van der Waals surface area contributed by atoms with E-state index in [0.717, 1.165) is 24.3 Å². The topological polar surface area (TPSA) is 29.9 Å². The molecule has 1 aromatic heterocycles. The van der Waals surface area contributed by atoms with E-state index in [9.17, 15) is 0 Å². The maximum absolute atomic E-state index is 4.49. The van der Waals surface area contributed by atoms with Gasteiger partial charge in [-0.25, -0.2) is 4.98 Å². The molecule has 2 aliphatic rings. The second-order valence-corrected chi connectivity index (χ2v) is 6.15. The molecule has 2 fully saturated rings. The number of imidazole rings is 1. The molecule has 2 saturated carbocycles. The normalized spacial score (nSPS) is 22.9. The Labute approximate surface area is 110 Å². The highest BCUT2D eigenvalue weighted by atomic mass is 15.2. The molecule has 100 valence electrons. The molecular formula is C15H25N3. The van der Waals surface area contributed by atoms with E-state index in [1.807, 2.05) is 6.20 Å². The quantitative estimate of drug-likeness (QED) is 0.856. The third-order valence-corrected chi connectivity index (χ3v) is 4.65. The Morgan fingerprint density at radius 1 is 1.28 bits per heavy atom. The average Bonchev–Trinajstić information content (AvgIpc) is 3.16. The average molecular weight is 247 g/mol. The Morgan fingerprint density at radius 2 is 2.06 bits per heavy atom. The molecule has 0 saturated heterocycles. The van der Waals surface area contributed by atoms with Crippen molar-refractivity contribution in [2.75, 3.05) is 11.9 Å². The lowest BCUT2D eigenvalue weighted by molar-refractivity contribution is 0.355. The molecule has 0 aromatic carbocycles. The first-order valence-electron chi connectivity index (χ1n) is 7.61. The van der Waals surface area contributed by atoms with Gasteiger partial charge in [0.1, 0.15) is 0 Å². The van der Waals surface area contributed by atoms with E-state index in [1.165, 1.54) is 44.9 Å². The van der Waals surface area contributed by atoms with Gasteiger partial charge in [0.25, 0.3) is 0 Å². The van der Waals surface area contributed by atoms with Crippen molar-refractivity contribution in [3.8, 4) is 0 Å². The highest BCUT2D eigenvalue weighted by Gasteiger charge is 2.28. The molecule has 0 bridgehead atoms. The summed E-state index contributed by atoms with van der Waals surface area (Å²) in [5.74, 6) is 2.85. The van der Waals surface area contributed by atoms with E-state index in [0.29, 0.717) is 6.04 Å². The van der Waals surface area contributed by atoms with E-state index >= 15 is 0 Å². The molecule has 0 radical (unpaired) electrons. The Morgan fingerprint density at radius 3 is 2.78 bits per heavy atom. The van der Waals surface area contributed by atoms with Gasteiger partial charge in [0.2, 0.25) is 5.95 Å². The fourth-order valence-corrected chi connectivity index (χ4v) is 3.19. The first-order valence-corrected chi connectivity index (χ1v) is 7.61. The van der Waals surface area contributed by atoms with Crippen LogP contribution in [0.4, 0.5) is 5.95 Å². The van der Waals surface area contributed by atoms with Crippen LogP contribution in [0.25, 0.3) is 0 Å². The van der Waals surface area contributed by atoms with Crippen molar-refractivity contribution in [2.24, 2.45) is 11.8 Å². The zero-order valence-corrected chi connectivity index (χ0v) is 11.4. The van der Waals surface area contributed by atoms with Crippen molar-refractivity contribution in [2.45, 2.75) is 57.9 Å². The van der Waals surface area contributed by atoms with E-state index in [1.54, 1.807) is 0 Å². The maximum Gasteiger partial charge on any atom is 0.203 e. The summed E-state index contributed by atoms with van der Waals surface area (Å²) in [5.41, 5.74) is 0. The smallest absolute Gasteiger partial charge is 0.203 e. The van der Waals surface area contributed by atoms with Crippen molar-refractivity contribution in [1.29, 1.82) is 0 Å². The van der Waals surface area contributed by atoms with Crippen LogP contribution in [0.2, 0.25) is 0 Å². The van der Waals surface area contributed by atoms with Gasteiger partial charge >= 0.3 is 0 Å². The van der Waals surface area contributed by atoms with E-state index in [2.05, 4.69) is 28.0 Å². The van der Waals surface area contributed by atoms with Gasteiger partial charge in [0.05, 0.1) is 0 Å². The van der Waals surface area contributed by atoms with Gasteiger partial charge in [0.15, 0.2) is 0 Å². The van der Waals surface area contributed by atoms with Crippen LogP contribution < -0.4 is 5.32 Å². The van der Waals surface area contributed by atoms with Gasteiger partial charge in [0, 0.05) is 25.0 Å². The summed E-state index contributed by atoms with van der Waals surface area (Å²) in [6.07, 6.45) is 13.8. The van der Waals surface area contributed by atoms with E-state index < -0.39 is 0 Å². The number of rotatable bonds is 5. The van der Waals surface area contributed by atoms with Crippen molar-refractivity contribution in [3.63, 3.8) is 0 Å². The van der Waals surface area contributed by atoms with Crippen molar-refractivity contribution < 1.29 is 0 Å². The second-order valence-electron chi connectivity index (χ2n) is 6.15. The minimum atomic E-state index is 0.681. The summed E-state index contributed by atoms with van der Waals surface area (Å²) >= 11 is 0. The zero-order valence-electron chi connectivity index (χ0n) is 11.4.